The molecule has 1 aromatic rings. The molecule has 0 spiro atoms. The third-order valence-corrected chi connectivity index (χ3v) is 1.72. The molecule has 6 heteroatoms. The molecule has 0 radical (unpaired) electrons. The van der Waals surface area contributed by atoms with Crippen molar-refractivity contribution in [2.75, 3.05) is 13.2 Å². The number of ether oxygens (including phenoxy) is 2. The highest BCUT2D eigenvalue weighted by Gasteiger charge is 2.08. The number of nitrogens with zero attached hydrogens (tertiary/aromatic N) is 1. The van der Waals surface area contributed by atoms with Gasteiger partial charge >= 0.3 is 5.97 Å². The molecule has 0 aliphatic heterocycles. The van der Waals surface area contributed by atoms with E-state index >= 15 is 0 Å². The predicted octanol–water partition coefficient (Wildman–Crippen LogP) is 0.231. The number of hydrogen-bond acceptors (Lipinski definition) is 5. The molecule has 0 atom stereocenters. The van der Waals surface area contributed by atoms with E-state index in [1.165, 1.54) is 12.1 Å². The van der Waals surface area contributed by atoms with Crippen LogP contribution in [-0.4, -0.2) is 25.1 Å². The lowest BCUT2D eigenvalue weighted by Gasteiger charge is -2.05. The fourth-order valence-corrected chi connectivity index (χ4v) is 1.05. The van der Waals surface area contributed by atoms with Crippen LogP contribution in [0, 0.1) is 11.3 Å². The highest BCUT2D eigenvalue weighted by Crippen LogP contribution is 2.13. The molecule has 0 aromatic heterocycles. The van der Waals surface area contributed by atoms with Crippen LogP contribution in [-0.2, 0) is 9.53 Å². The van der Waals surface area contributed by atoms with Crippen molar-refractivity contribution in [2.24, 2.45) is 5.73 Å². The number of benzene rings is 1. The summed E-state index contributed by atoms with van der Waals surface area (Å²) in [6.45, 7) is -0.581. The summed E-state index contributed by atoms with van der Waals surface area (Å²) in [5.41, 5.74) is 5.15. The molecule has 0 bridgehead atoms. The van der Waals surface area contributed by atoms with E-state index in [2.05, 4.69) is 4.74 Å². The average molecular weight is 234 g/mol. The van der Waals surface area contributed by atoms with Crippen LogP contribution >= 0.6 is 0 Å². The van der Waals surface area contributed by atoms with Crippen molar-refractivity contribution < 1.29 is 19.1 Å². The summed E-state index contributed by atoms with van der Waals surface area (Å²) >= 11 is 0. The molecule has 17 heavy (non-hydrogen) atoms. The average Bonchev–Trinajstić information content (AvgIpc) is 2.33. The van der Waals surface area contributed by atoms with Crippen LogP contribution in [0.4, 0.5) is 0 Å². The quantitative estimate of drug-likeness (QED) is 0.734. The topological polar surface area (TPSA) is 102 Å². The smallest absolute Gasteiger partial charge is 0.339 e. The zero-order chi connectivity index (χ0) is 12.7. The maximum Gasteiger partial charge on any atom is 0.339 e. The SMILES string of the molecule is N#CCOC(=O)c1cccc(OCC(N)=O)c1. The Kier molecular flexibility index (Phi) is 4.51. The van der Waals surface area contributed by atoms with Crippen LogP contribution in [0.5, 0.6) is 5.75 Å². The van der Waals surface area contributed by atoms with E-state index in [0.717, 1.165) is 0 Å². The zero-order valence-electron chi connectivity index (χ0n) is 8.88. The molecule has 0 fully saturated rings. The molecule has 0 saturated heterocycles. The lowest BCUT2D eigenvalue weighted by Crippen LogP contribution is -2.20. The van der Waals surface area contributed by atoms with E-state index in [-0.39, 0.29) is 18.8 Å². The molecule has 1 aromatic carbocycles. The van der Waals surface area contributed by atoms with Gasteiger partial charge in [-0.25, -0.2) is 4.79 Å². The normalized spacial score (nSPS) is 9.12. The van der Waals surface area contributed by atoms with E-state index in [0.29, 0.717) is 5.75 Å². The maximum absolute atomic E-state index is 11.4. The summed E-state index contributed by atoms with van der Waals surface area (Å²) in [4.78, 5) is 21.9. The lowest BCUT2D eigenvalue weighted by atomic mass is 10.2. The molecule has 0 aliphatic carbocycles. The van der Waals surface area contributed by atoms with Crippen LogP contribution in [0.3, 0.4) is 0 Å². The predicted molar refractivity (Wildman–Crippen MR) is 57.0 cm³/mol. The fourth-order valence-electron chi connectivity index (χ4n) is 1.05. The van der Waals surface area contributed by atoms with Gasteiger partial charge in [-0.15, -0.1) is 0 Å². The van der Waals surface area contributed by atoms with E-state index in [1.54, 1.807) is 18.2 Å². The van der Waals surface area contributed by atoms with Gasteiger partial charge in [-0.1, -0.05) is 6.07 Å². The Morgan fingerprint density at radius 3 is 2.82 bits per heavy atom. The van der Waals surface area contributed by atoms with Crippen LogP contribution in [0.15, 0.2) is 24.3 Å². The van der Waals surface area contributed by atoms with Gasteiger partial charge in [0.15, 0.2) is 13.2 Å². The Balaban J connectivity index is 2.68. The summed E-state index contributed by atoms with van der Waals surface area (Å²) in [5.74, 6) is -0.909. The standard InChI is InChI=1S/C11H10N2O4/c12-4-5-16-11(15)8-2-1-3-9(6-8)17-7-10(13)14/h1-3,6H,5,7H2,(H2,13,14). The number of esters is 1. The molecule has 0 heterocycles. The number of amides is 1. The number of carbonyl (C=O) groups is 2. The summed E-state index contributed by atoms with van der Waals surface area (Å²) in [6, 6.07) is 7.75. The van der Waals surface area contributed by atoms with E-state index in [1.807, 2.05) is 0 Å². The number of nitriles is 1. The number of carbonyl (C=O) groups excluding carboxylic acids is 2. The minimum atomic E-state index is -0.629. The van der Waals surface area contributed by atoms with Crippen LogP contribution < -0.4 is 10.5 Å². The minimum absolute atomic E-state index is 0.238. The van der Waals surface area contributed by atoms with Gasteiger partial charge in [-0.2, -0.15) is 5.26 Å². The second-order valence-corrected chi connectivity index (χ2v) is 3.02. The molecule has 0 unspecified atom stereocenters. The Labute approximate surface area is 97.5 Å². The Hall–Kier alpha value is -2.55. The highest BCUT2D eigenvalue weighted by molar-refractivity contribution is 5.89. The van der Waals surface area contributed by atoms with Gasteiger partial charge in [-0.05, 0) is 18.2 Å². The molecule has 88 valence electrons. The second kappa shape index (κ2) is 6.12. The van der Waals surface area contributed by atoms with Gasteiger partial charge in [0.25, 0.3) is 5.91 Å². The first kappa shape index (κ1) is 12.5. The van der Waals surface area contributed by atoms with Gasteiger partial charge < -0.3 is 15.2 Å². The summed E-state index contributed by atoms with van der Waals surface area (Å²) < 4.78 is 9.63. The number of primary amides is 1. The first-order valence-electron chi connectivity index (χ1n) is 4.68. The van der Waals surface area contributed by atoms with Gasteiger partial charge in [0.05, 0.1) is 5.56 Å². The van der Waals surface area contributed by atoms with Gasteiger partial charge in [-0.3, -0.25) is 4.79 Å². The van der Waals surface area contributed by atoms with Crippen molar-refractivity contribution >= 4 is 11.9 Å². The van der Waals surface area contributed by atoms with Crippen LogP contribution in [0.1, 0.15) is 10.4 Å². The van der Waals surface area contributed by atoms with Gasteiger partial charge in [0.2, 0.25) is 0 Å². The second-order valence-electron chi connectivity index (χ2n) is 3.02. The first-order chi connectivity index (χ1) is 8.13. The first-order valence-corrected chi connectivity index (χ1v) is 4.68. The van der Waals surface area contributed by atoms with E-state index in [9.17, 15) is 9.59 Å². The monoisotopic (exact) mass is 234 g/mol. The van der Waals surface area contributed by atoms with Crippen molar-refractivity contribution in [3.05, 3.63) is 29.8 Å². The van der Waals surface area contributed by atoms with Gasteiger partial charge in [0.1, 0.15) is 11.8 Å². The molecular formula is C11H10N2O4. The van der Waals surface area contributed by atoms with Gasteiger partial charge in [0, 0.05) is 0 Å². The molecule has 6 nitrogen and oxygen atoms in total. The summed E-state index contributed by atoms with van der Waals surface area (Å²) in [7, 11) is 0. The maximum atomic E-state index is 11.4. The summed E-state index contributed by atoms with van der Waals surface area (Å²) in [5, 5.41) is 8.26. The molecule has 0 saturated carbocycles. The zero-order valence-corrected chi connectivity index (χ0v) is 8.88. The molecule has 1 amide bonds. The molecular weight excluding hydrogens is 224 g/mol. The van der Waals surface area contributed by atoms with Crippen LogP contribution in [0.2, 0.25) is 0 Å². The minimum Gasteiger partial charge on any atom is -0.484 e. The highest BCUT2D eigenvalue weighted by atomic mass is 16.5. The number of rotatable bonds is 5. The number of nitrogens with two attached hydrogens (primary N) is 1. The summed E-state index contributed by atoms with van der Waals surface area (Å²) in [6.07, 6.45) is 0. The lowest BCUT2D eigenvalue weighted by molar-refractivity contribution is -0.119. The molecule has 1 rings (SSSR count). The fraction of sp³-hybridized carbons (Fsp3) is 0.182. The Morgan fingerprint density at radius 1 is 1.41 bits per heavy atom. The van der Waals surface area contributed by atoms with E-state index < -0.39 is 11.9 Å². The third kappa shape index (κ3) is 4.22. The largest absolute Gasteiger partial charge is 0.484 e. The van der Waals surface area contributed by atoms with Crippen molar-refractivity contribution in [1.82, 2.24) is 0 Å². The third-order valence-electron chi connectivity index (χ3n) is 1.72. The van der Waals surface area contributed by atoms with Crippen molar-refractivity contribution in [3.63, 3.8) is 0 Å². The van der Waals surface area contributed by atoms with Crippen molar-refractivity contribution in [1.29, 1.82) is 5.26 Å². The number of hydrogen-bond donors (Lipinski definition) is 1. The van der Waals surface area contributed by atoms with Crippen molar-refractivity contribution in [2.45, 2.75) is 0 Å². The van der Waals surface area contributed by atoms with E-state index in [4.69, 9.17) is 15.7 Å². The van der Waals surface area contributed by atoms with Crippen molar-refractivity contribution in [3.8, 4) is 11.8 Å². The van der Waals surface area contributed by atoms with Crippen LogP contribution in [0.25, 0.3) is 0 Å². The molecule has 2 N–H and O–H groups in total. The molecule has 0 aliphatic rings. The Morgan fingerprint density at radius 2 is 2.18 bits per heavy atom. The Bertz CT molecular complexity index is 465.